The number of aromatic nitrogens is 3. The highest BCUT2D eigenvalue weighted by Crippen LogP contribution is 2.26. The van der Waals surface area contributed by atoms with Crippen LogP contribution in [0.4, 0.5) is 5.82 Å². The molecule has 3 heterocycles. The van der Waals surface area contributed by atoms with Gasteiger partial charge in [0.25, 0.3) is 0 Å². The van der Waals surface area contributed by atoms with Gasteiger partial charge in [0.05, 0.1) is 18.3 Å². The third-order valence-electron chi connectivity index (χ3n) is 5.94. The van der Waals surface area contributed by atoms with Gasteiger partial charge < -0.3 is 15.0 Å². The summed E-state index contributed by atoms with van der Waals surface area (Å²) in [6.07, 6.45) is 2.50. The lowest BCUT2D eigenvalue weighted by Gasteiger charge is -2.30. The van der Waals surface area contributed by atoms with Crippen LogP contribution in [0.1, 0.15) is 42.6 Å². The Hall–Kier alpha value is -3.75. The first-order valence-electron chi connectivity index (χ1n) is 11.1. The second-order valence-corrected chi connectivity index (χ2v) is 8.12. The van der Waals surface area contributed by atoms with E-state index in [9.17, 15) is 14.4 Å². The van der Waals surface area contributed by atoms with Crippen molar-refractivity contribution >= 4 is 34.5 Å². The van der Waals surface area contributed by atoms with E-state index in [4.69, 9.17) is 4.74 Å². The average molecular weight is 450 g/mol. The molecular formula is C24H27N5O4. The fourth-order valence-electron chi connectivity index (χ4n) is 4.12. The van der Waals surface area contributed by atoms with Crippen molar-refractivity contribution in [1.82, 2.24) is 19.7 Å². The molecule has 1 saturated heterocycles. The Morgan fingerprint density at radius 3 is 2.61 bits per heavy atom. The maximum Gasteiger partial charge on any atom is 0.343 e. The van der Waals surface area contributed by atoms with Crippen molar-refractivity contribution in [2.45, 2.75) is 33.6 Å². The van der Waals surface area contributed by atoms with E-state index in [2.05, 4.69) is 15.4 Å². The molecule has 0 atom stereocenters. The van der Waals surface area contributed by atoms with Crippen LogP contribution in [0.5, 0.6) is 0 Å². The van der Waals surface area contributed by atoms with Gasteiger partial charge in [-0.3, -0.25) is 9.59 Å². The van der Waals surface area contributed by atoms with Gasteiger partial charge in [-0.15, -0.1) is 0 Å². The van der Waals surface area contributed by atoms with E-state index < -0.39 is 5.97 Å². The van der Waals surface area contributed by atoms with Crippen molar-refractivity contribution in [1.29, 1.82) is 0 Å². The molecule has 1 fully saturated rings. The van der Waals surface area contributed by atoms with E-state index in [-0.39, 0.29) is 35.7 Å². The molecule has 0 radical (unpaired) electrons. The summed E-state index contributed by atoms with van der Waals surface area (Å²) in [7, 11) is 0. The highest BCUT2D eigenvalue weighted by atomic mass is 16.5. The van der Waals surface area contributed by atoms with Crippen molar-refractivity contribution in [2.24, 2.45) is 5.92 Å². The van der Waals surface area contributed by atoms with E-state index in [1.807, 2.05) is 37.3 Å². The van der Waals surface area contributed by atoms with Crippen LogP contribution >= 0.6 is 0 Å². The van der Waals surface area contributed by atoms with Crippen molar-refractivity contribution in [3.05, 3.63) is 47.7 Å². The number of anilines is 1. The Morgan fingerprint density at radius 1 is 1.18 bits per heavy atom. The lowest BCUT2D eigenvalue weighted by Crippen LogP contribution is -2.40. The number of nitrogens with zero attached hydrogens (tertiary/aromatic N) is 4. The number of ether oxygens (including phenoxy) is 1. The number of para-hydroxylation sites is 1. The molecule has 2 aromatic heterocycles. The molecule has 4 rings (SSSR count). The van der Waals surface area contributed by atoms with Crippen LogP contribution in [0.2, 0.25) is 0 Å². The molecule has 1 aliphatic heterocycles. The zero-order chi connectivity index (χ0) is 23.5. The number of nitrogens with one attached hydrogen (secondary N) is 1. The van der Waals surface area contributed by atoms with Crippen LogP contribution in [0, 0.1) is 12.8 Å². The second-order valence-electron chi connectivity index (χ2n) is 8.12. The third-order valence-corrected chi connectivity index (χ3v) is 5.94. The predicted molar refractivity (Wildman–Crippen MR) is 123 cm³/mol. The minimum atomic E-state index is -0.567. The van der Waals surface area contributed by atoms with Crippen LogP contribution in [0.15, 0.2) is 36.5 Å². The van der Waals surface area contributed by atoms with E-state index in [1.165, 1.54) is 17.8 Å². The molecule has 1 aromatic carbocycles. The monoisotopic (exact) mass is 449 g/mol. The molecule has 0 unspecified atom stereocenters. The molecular weight excluding hydrogens is 422 g/mol. The molecule has 1 N–H and O–H groups in total. The quantitative estimate of drug-likeness (QED) is 0.600. The van der Waals surface area contributed by atoms with Crippen LogP contribution in [-0.2, 0) is 14.3 Å². The first-order chi connectivity index (χ1) is 15.9. The molecule has 2 amide bonds. The number of esters is 1. The predicted octanol–water partition coefficient (Wildman–Crippen LogP) is 3.10. The van der Waals surface area contributed by atoms with Crippen LogP contribution in [0.25, 0.3) is 16.7 Å². The van der Waals surface area contributed by atoms with Gasteiger partial charge in [-0.1, -0.05) is 18.2 Å². The molecule has 1 aliphatic rings. The number of likely N-dealkylation sites (tertiary alicyclic amines) is 1. The summed E-state index contributed by atoms with van der Waals surface area (Å²) in [5, 5.41) is 8.27. The van der Waals surface area contributed by atoms with E-state index in [1.54, 1.807) is 11.8 Å². The Morgan fingerprint density at radius 2 is 1.91 bits per heavy atom. The summed E-state index contributed by atoms with van der Waals surface area (Å²) in [5.74, 6) is -0.330. The van der Waals surface area contributed by atoms with Crippen LogP contribution < -0.4 is 5.32 Å². The minimum absolute atomic E-state index is 0.00859. The summed E-state index contributed by atoms with van der Waals surface area (Å²) in [6, 6.07) is 9.62. The number of aryl methyl sites for hydroxylation is 1. The molecule has 0 saturated carbocycles. The van der Waals surface area contributed by atoms with Crippen LogP contribution in [-0.4, -0.2) is 57.1 Å². The average Bonchev–Trinajstić information content (AvgIpc) is 3.23. The maximum absolute atomic E-state index is 13.1. The highest BCUT2D eigenvalue weighted by molar-refractivity contribution is 6.01. The molecule has 9 heteroatoms. The fourth-order valence-corrected chi connectivity index (χ4v) is 4.12. The summed E-state index contributed by atoms with van der Waals surface area (Å²) in [6.45, 7) is 6.49. The number of carbonyl (C=O) groups is 3. The normalized spacial score (nSPS) is 14.3. The van der Waals surface area contributed by atoms with Gasteiger partial charge in [0, 0.05) is 31.3 Å². The molecule has 172 valence electrons. The number of carbonyl (C=O) groups excluding carboxylic acids is 3. The van der Waals surface area contributed by atoms with E-state index in [0.29, 0.717) is 31.7 Å². The van der Waals surface area contributed by atoms with Crippen molar-refractivity contribution in [2.75, 3.05) is 25.0 Å². The number of hydrogen-bond acceptors (Lipinski definition) is 6. The van der Waals surface area contributed by atoms with Gasteiger partial charge >= 0.3 is 5.97 Å². The highest BCUT2D eigenvalue weighted by Gasteiger charge is 2.29. The SMILES string of the molecule is CCOC(=O)c1cnn(-c2cc(C)c3ccccc3n2)c1NC(=O)C1CCN(C(C)=O)CC1. The third kappa shape index (κ3) is 4.57. The molecule has 9 nitrogen and oxygen atoms in total. The molecule has 0 bridgehead atoms. The number of benzene rings is 1. The summed E-state index contributed by atoms with van der Waals surface area (Å²) < 4.78 is 6.64. The maximum atomic E-state index is 13.1. The summed E-state index contributed by atoms with van der Waals surface area (Å²) in [4.78, 5) is 43.7. The Labute approximate surface area is 191 Å². The molecule has 33 heavy (non-hydrogen) atoms. The van der Waals surface area contributed by atoms with Gasteiger partial charge in [0.2, 0.25) is 11.8 Å². The summed E-state index contributed by atoms with van der Waals surface area (Å²) in [5.41, 5.74) is 1.95. The van der Waals surface area contributed by atoms with Crippen LogP contribution in [0.3, 0.4) is 0 Å². The topological polar surface area (TPSA) is 106 Å². The number of rotatable bonds is 5. The number of pyridine rings is 1. The fraction of sp³-hybridized carbons (Fsp3) is 0.375. The van der Waals surface area contributed by atoms with Gasteiger partial charge in [0.1, 0.15) is 5.56 Å². The standard InChI is InChI=1S/C24H27N5O4/c1-4-33-24(32)19-14-25-29(21-13-15(2)18-7-5-6-8-20(18)26-21)22(19)27-23(31)17-9-11-28(12-10-17)16(3)30/h5-8,13-14,17H,4,9-12H2,1-3H3,(H,27,31). The summed E-state index contributed by atoms with van der Waals surface area (Å²) >= 11 is 0. The van der Waals surface area contributed by atoms with Crippen molar-refractivity contribution in [3.63, 3.8) is 0 Å². The molecule has 0 aliphatic carbocycles. The Balaban J connectivity index is 1.68. The number of amides is 2. The largest absolute Gasteiger partial charge is 0.462 e. The van der Waals surface area contributed by atoms with Gasteiger partial charge in [-0.25, -0.2) is 9.78 Å². The van der Waals surface area contributed by atoms with E-state index in [0.717, 1.165) is 16.5 Å². The van der Waals surface area contributed by atoms with Gasteiger partial charge in [-0.2, -0.15) is 9.78 Å². The van der Waals surface area contributed by atoms with Gasteiger partial charge in [-0.05, 0) is 44.4 Å². The Kier molecular flexibility index (Phi) is 6.39. The van der Waals surface area contributed by atoms with Gasteiger partial charge in [0.15, 0.2) is 11.6 Å². The number of fused-ring (bicyclic) bond motifs is 1. The van der Waals surface area contributed by atoms with Crippen molar-refractivity contribution < 1.29 is 19.1 Å². The zero-order valence-electron chi connectivity index (χ0n) is 19.0. The first-order valence-corrected chi connectivity index (χ1v) is 11.1. The first kappa shape index (κ1) is 22.4. The smallest absolute Gasteiger partial charge is 0.343 e. The molecule has 3 aromatic rings. The second kappa shape index (κ2) is 9.40. The Bertz CT molecular complexity index is 1210. The number of piperidine rings is 1. The molecule has 0 spiro atoms. The lowest BCUT2D eigenvalue weighted by atomic mass is 9.96. The zero-order valence-corrected chi connectivity index (χ0v) is 19.0. The minimum Gasteiger partial charge on any atom is -0.462 e. The van der Waals surface area contributed by atoms with E-state index >= 15 is 0 Å². The lowest BCUT2D eigenvalue weighted by molar-refractivity contribution is -0.132. The number of hydrogen-bond donors (Lipinski definition) is 1. The van der Waals surface area contributed by atoms with Crippen molar-refractivity contribution in [3.8, 4) is 5.82 Å².